The van der Waals surface area contributed by atoms with Gasteiger partial charge in [0.1, 0.15) is 5.75 Å². The highest BCUT2D eigenvalue weighted by atomic mass is 79.9. The number of hydrogen-bond acceptors (Lipinski definition) is 3. The summed E-state index contributed by atoms with van der Waals surface area (Å²) >= 11 is 3.50. The first kappa shape index (κ1) is 13.1. The molecule has 0 aliphatic carbocycles. The van der Waals surface area contributed by atoms with Crippen molar-refractivity contribution in [2.24, 2.45) is 7.05 Å². The van der Waals surface area contributed by atoms with Crippen molar-refractivity contribution in [3.8, 4) is 17.0 Å². The molecule has 1 heterocycles. The number of ether oxygens (including phenoxy) is 1. The summed E-state index contributed by atoms with van der Waals surface area (Å²) in [6.07, 6.45) is 0. The van der Waals surface area contributed by atoms with Crippen LogP contribution in [0.5, 0.6) is 5.75 Å². The molecule has 2 rings (SSSR count). The molecule has 1 aromatic heterocycles. The van der Waals surface area contributed by atoms with Crippen LogP contribution in [0, 0.1) is 0 Å². The summed E-state index contributed by atoms with van der Waals surface area (Å²) in [5.41, 5.74) is 3.23. The van der Waals surface area contributed by atoms with Crippen LogP contribution in [0.1, 0.15) is 5.69 Å². The fourth-order valence-electron chi connectivity index (χ4n) is 1.89. The van der Waals surface area contributed by atoms with Crippen molar-refractivity contribution in [1.82, 2.24) is 15.1 Å². The Hall–Kier alpha value is -1.33. The third kappa shape index (κ3) is 2.57. The van der Waals surface area contributed by atoms with Crippen LogP contribution in [0.4, 0.5) is 0 Å². The molecule has 1 aromatic carbocycles. The normalized spacial score (nSPS) is 10.7. The minimum Gasteiger partial charge on any atom is -0.496 e. The molecule has 0 fully saturated rings. The van der Waals surface area contributed by atoms with Crippen LogP contribution in [0.2, 0.25) is 0 Å². The lowest BCUT2D eigenvalue weighted by atomic mass is 10.1. The number of nitrogens with zero attached hydrogens (tertiary/aromatic N) is 2. The first-order valence-corrected chi connectivity index (χ1v) is 6.46. The molecule has 0 unspecified atom stereocenters. The van der Waals surface area contributed by atoms with Gasteiger partial charge in [-0.25, -0.2) is 0 Å². The van der Waals surface area contributed by atoms with Gasteiger partial charge < -0.3 is 10.1 Å². The van der Waals surface area contributed by atoms with Crippen molar-refractivity contribution >= 4 is 15.9 Å². The Kier molecular flexibility index (Phi) is 4.04. The summed E-state index contributed by atoms with van der Waals surface area (Å²) in [7, 11) is 5.53. The predicted molar refractivity (Wildman–Crippen MR) is 75.7 cm³/mol. The highest BCUT2D eigenvalue weighted by Crippen LogP contribution is 2.30. The molecule has 0 saturated heterocycles. The van der Waals surface area contributed by atoms with Gasteiger partial charge >= 0.3 is 0 Å². The van der Waals surface area contributed by atoms with Crippen molar-refractivity contribution in [3.63, 3.8) is 0 Å². The summed E-state index contributed by atoms with van der Waals surface area (Å²) in [5.74, 6) is 0.830. The first-order chi connectivity index (χ1) is 8.65. The lowest BCUT2D eigenvalue weighted by Gasteiger charge is -2.06. The number of aryl methyl sites for hydroxylation is 1. The zero-order valence-electron chi connectivity index (χ0n) is 10.7. The number of aromatic nitrogens is 2. The SMILES string of the molecule is CNCc1cc(-c2ccc(OC)c(Br)c2)n(C)n1. The Bertz CT molecular complexity index is 551. The second kappa shape index (κ2) is 5.54. The summed E-state index contributed by atoms with van der Waals surface area (Å²) in [6, 6.07) is 8.11. The largest absolute Gasteiger partial charge is 0.496 e. The third-order valence-electron chi connectivity index (χ3n) is 2.74. The van der Waals surface area contributed by atoms with E-state index < -0.39 is 0 Å². The van der Waals surface area contributed by atoms with Crippen LogP contribution >= 0.6 is 15.9 Å². The Morgan fingerprint density at radius 2 is 2.17 bits per heavy atom. The van der Waals surface area contributed by atoms with Crippen molar-refractivity contribution < 1.29 is 4.74 Å². The molecule has 2 aromatic rings. The van der Waals surface area contributed by atoms with E-state index in [0.29, 0.717) is 0 Å². The molecule has 0 amide bonds. The topological polar surface area (TPSA) is 39.1 Å². The third-order valence-corrected chi connectivity index (χ3v) is 3.36. The molecule has 5 heteroatoms. The zero-order valence-corrected chi connectivity index (χ0v) is 12.3. The molecule has 96 valence electrons. The van der Waals surface area contributed by atoms with Gasteiger partial charge in [-0.05, 0) is 47.2 Å². The summed E-state index contributed by atoms with van der Waals surface area (Å²) < 4.78 is 8.06. The number of nitrogens with one attached hydrogen (secondary N) is 1. The highest BCUT2D eigenvalue weighted by molar-refractivity contribution is 9.10. The predicted octanol–water partition coefficient (Wildman–Crippen LogP) is 2.58. The van der Waals surface area contributed by atoms with E-state index in [1.54, 1.807) is 7.11 Å². The Morgan fingerprint density at radius 3 is 2.78 bits per heavy atom. The molecule has 18 heavy (non-hydrogen) atoms. The van der Waals surface area contributed by atoms with Gasteiger partial charge in [0, 0.05) is 19.2 Å². The fraction of sp³-hybridized carbons (Fsp3) is 0.308. The molecule has 0 atom stereocenters. The van der Waals surface area contributed by atoms with Gasteiger partial charge in [-0.2, -0.15) is 5.10 Å². The van der Waals surface area contributed by atoms with E-state index in [4.69, 9.17) is 4.74 Å². The van der Waals surface area contributed by atoms with E-state index in [-0.39, 0.29) is 0 Å². The second-order valence-corrected chi connectivity index (χ2v) is 4.88. The minimum atomic E-state index is 0.769. The lowest BCUT2D eigenvalue weighted by Crippen LogP contribution is -2.05. The molecular weight excluding hydrogens is 294 g/mol. The quantitative estimate of drug-likeness (QED) is 0.943. The van der Waals surface area contributed by atoms with Crippen LogP contribution in [-0.2, 0) is 13.6 Å². The van der Waals surface area contributed by atoms with Crippen LogP contribution in [0.3, 0.4) is 0 Å². The van der Waals surface area contributed by atoms with Gasteiger partial charge in [0.25, 0.3) is 0 Å². The lowest BCUT2D eigenvalue weighted by molar-refractivity contribution is 0.412. The molecular formula is C13H16BrN3O. The Morgan fingerprint density at radius 1 is 1.39 bits per heavy atom. The average Bonchev–Trinajstić information content (AvgIpc) is 2.71. The van der Waals surface area contributed by atoms with Crippen LogP contribution in [0.15, 0.2) is 28.7 Å². The van der Waals surface area contributed by atoms with Crippen LogP contribution in [-0.4, -0.2) is 23.9 Å². The molecule has 0 radical (unpaired) electrons. The minimum absolute atomic E-state index is 0.769. The van der Waals surface area contributed by atoms with Crippen LogP contribution < -0.4 is 10.1 Å². The van der Waals surface area contributed by atoms with Crippen molar-refractivity contribution in [2.45, 2.75) is 6.54 Å². The molecule has 0 aliphatic heterocycles. The average molecular weight is 310 g/mol. The van der Waals surface area contributed by atoms with Gasteiger partial charge in [-0.3, -0.25) is 4.68 Å². The highest BCUT2D eigenvalue weighted by Gasteiger charge is 2.09. The number of benzene rings is 1. The maximum absolute atomic E-state index is 5.23. The second-order valence-electron chi connectivity index (χ2n) is 4.02. The smallest absolute Gasteiger partial charge is 0.133 e. The number of halogens is 1. The van der Waals surface area contributed by atoms with Crippen LogP contribution in [0.25, 0.3) is 11.3 Å². The number of methoxy groups -OCH3 is 1. The van der Waals surface area contributed by atoms with Crippen molar-refractivity contribution in [2.75, 3.05) is 14.2 Å². The number of hydrogen-bond donors (Lipinski definition) is 1. The zero-order chi connectivity index (χ0) is 13.1. The van der Waals surface area contributed by atoms with E-state index in [1.807, 2.05) is 37.0 Å². The fourth-order valence-corrected chi connectivity index (χ4v) is 2.43. The summed E-state index contributed by atoms with van der Waals surface area (Å²) in [5, 5.41) is 7.56. The van der Waals surface area contributed by atoms with Gasteiger partial charge in [0.2, 0.25) is 0 Å². The van der Waals surface area contributed by atoms with E-state index >= 15 is 0 Å². The summed E-state index contributed by atoms with van der Waals surface area (Å²) in [6.45, 7) is 0.769. The number of rotatable bonds is 4. The molecule has 1 N–H and O–H groups in total. The van der Waals surface area contributed by atoms with E-state index in [9.17, 15) is 0 Å². The van der Waals surface area contributed by atoms with Crippen molar-refractivity contribution in [3.05, 3.63) is 34.4 Å². The maximum atomic E-state index is 5.23. The monoisotopic (exact) mass is 309 g/mol. The Balaban J connectivity index is 2.39. The molecule has 0 aliphatic rings. The van der Waals surface area contributed by atoms with E-state index in [0.717, 1.165) is 33.7 Å². The Labute approximate surface area is 115 Å². The first-order valence-electron chi connectivity index (χ1n) is 5.67. The van der Waals surface area contributed by atoms with Gasteiger partial charge in [0.15, 0.2) is 0 Å². The van der Waals surface area contributed by atoms with Crippen molar-refractivity contribution in [1.29, 1.82) is 0 Å². The van der Waals surface area contributed by atoms with Gasteiger partial charge in [-0.1, -0.05) is 0 Å². The molecule has 4 nitrogen and oxygen atoms in total. The van der Waals surface area contributed by atoms with E-state index in [2.05, 4.69) is 32.4 Å². The molecule has 0 spiro atoms. The standard InChI is InChI=1S/C13H16BrN3O/c1-15-8-10-7-12(17(2)16-10)9-4-5-13(18-3)11(14)6-9/h4-7,15H,8H2,1-3H3. The van der Waals surface area contributed by atoms with Gasteiger partial charge in [0.05, 0.1) is 23.0 Å². The molecule has 0 bridgehead atoms. The summed E-state index contributed by atoms with van der Waals surface area (Å²) in [4.78, 5) is 0. The van der Waals surface area contributed by atoms with Gasteiger partial charge in [-0.15, -0.1) is 0 Å². The maximum Gasteiger partial charge on any atom is 0.133 e. The molecule has 0 saturated carbocycles. The van der Waals surface area contributed by atoms with E-state index in [1.165, 1.54) is 0 Å².